The van der Waals surface area contributed by atoms with Crippen molar-refractivity contribution < 1.29 is 22.4 Å². The van der Waals surface area contributed by atoms with Gasteiger partial charge in [0.15, 0.2) is 0 Å². The molecule has 0 unspecified atom stereocenters. The van der Waals surface area contributed by atoms with Crippen molar-refractivity contribution in [2.75, 3.05) is 0 Å². The van der Waals surface area contributed by atoms with Crippen LogP contribution in [-0.2, 0) is 6.61 Å². The molecule has 0 saturated carbocycles. The summed E-state index contributed by atoms with van der Waals surface area (Å²) in [5.41, 5.74) is -1.23. The van der Waals surface area contributed by atoms with Crippen LogP contribution in [0.1, 0.15) is 5.56 Å². The Kier molecular flexibility index (Phi) is 2.61. The first-order valence-corrected chi connectivity index (χ1v) is 3.54. The van der Waals surface area contributed by atoms with Crippen LogP contribution in [0.3, 0.4) is 0 Å². The third kappa shape index (κ3) is 2.21. The molecule has 0 amide bonds. The van der Waals surface area contributed by atoms with Gasteiger partial charge in [0.25, 0.3) is 0 Å². The van der Waals surface area contributed by atoms with E-state index in [4.69, 9.17) is 5.11 Å². The Balaban J connectivity index is 3.19. The summed E-state index contributed by atoms with van der Waals surface area (Å²) >= 11 is 0. The second kappa shape index (κ2) is 3.37. The predicted octanol–water partition coefficient (Wildman–Crippen LogP) is 1.37. The molecule has 0 spiro atoms. The van der Waals surface area contributed by atoms with Crippen LogP contribution in [-0.4, -0.2) is 12.1 Å². The fraction of sp³-hybridized carbons (Fsp3) is 0.143. The first-order chi connectivity index (χ1) is 5.95. The predicted molar refractivity (Wildman–Crippen MR) is 41.0 cm³/mol. The van der Waals surface area contributed by atoms with Gasteiger partial charge in [-0.25, -0.2) is 4.39 Å². The van der Waals surface area contributed by atoms with Gasteiger partial charge in [0.2, 0.25) is 0 Å². The highest BCUT2D eigenvalue weighted by atomic mass is 19.4. The standard InChI is InChI=1S/C7H6BF4O/c9-7-2-1-5(4-13)3-6(7)8(10,11)12/h1-3,13H,4H2/q-1. The summed E-state index contributed by atoms with van der Waals surface area (Å²) in [6.07, 6.45) is 0. The smallest absolute Gasteiger partial charge is 0.445 e. The molecule has 0 aliphatic carbocycles. The average molecular weight is 193 g/mol. The van der Waals surface area contributed by atoms with Crippen LogP contribution in [0.5, 0.6) is 0 Å². The fourth-order valence-corrected chi connectivity index (χ4v) is 0.942. The fourth-order valence-electron chi connectivity index (χ4n) is 0.942. The molecule has 0 atom stereocenters. The molecule has 72 valence electrons. The van der Waals surface area contributed by atoms with Gasteiger partial charge < -0.3 is 18.1 Å². The molecule has 0 aliphatic heterocycles. The molecule has 1 aromatic rings. The zero-order valence-corrected chi connectivity index (χ0v) is 6.48. The Hall–Kier alpha value is -1.04. The number of aliphatic hydroxyl groups excluding tert-OH is 1. The van der Waals surface area contributed by atoms with E-state index in [9.17, 15) is 17.3 Å². The normalized spacial score (nSPS) is 11.8. The third-order valence-corrected chi connectivity index (χ3v) is 1.60. The lowest BCUT2D eigenvalue weighted by molar-refractivity contribution is 0.282. The summed E-state index contributed by atoms with van der Waals surface area (Å²) in [4.78, 5) is 0. The second-order valence-corrected chi connectivity index (χ2v) is 2.59. The van der Waals surface area contributed by atoms with Crippen LogP contribution in [0.4, 0.5) is 17.3 Å². The maximum absolute atomic E-state index is 12.6. The highest BCUT2D eigenvalue weighted by Gasteiger charge is 2.28. The van der Waals surface area contributed by atoms with Gasteiger partial charge in [-0.15, -0.1) is 0 Å². The lowest BCUT2D eigenvalue weighted by Crippen LogP contribution is -2.37. The van der Waals surface area contributed by atoms with Gasteiger partial charge in [0, 0.05) is 0 Å². The van der Waals surface area contributed by atoms with E-state index in [1.807, 2.05) is 0 Å². The number of rotatable bonds is 2. The lowest BCUT2D eigenvalue weighted by atomic mass is 9.79. The van der Waals surface area contributed by atoms with Crippen molar-refractivity contribution in [2.45, 2.75) is 6.61 Å². The minimum absolute atomic E-state index is 0.0515. The number of halogens is 4. The van der Waals surface area contributed by atoms with Crippen molar-refractivity contribution in [3.63, 3.8) is 0 Å². The number of hydrogen-bond acceptors (Lipinski definition) is 1. The molecule has 0 radical (unpaired) electrons. The minimum atomic E-state index is -5.34. The Morgan fingerprint density at radius 1 is 1.23 bits per heavy atom. The van der Waals surface area contributed by atoms with Crippen molar-refractivity contribution in [3.05, 3.63) is 29.6 Å². The Morgan fingerprint density at radius 2 is 1.85 bits per heavy atom. The summed E-state index contributed by atoms with van der Waals surface area (Å²) in [6.45, 7) is -5.87. The van der Waals surface area contributed by atoms with E-state index in [1.54, 1.807) is 0 Å². The molecule has 1 rings (SSSR count). The summed E-state index contributed by atoms with van der Waals surface area (Å²) in [7, 11) is 0. The van der Waals surface area contributed by atoms with Gasteiger partial charge >= 0.3 is 6.98 Å². The molecular formula is C7H6BF4O-. The van der Waals surface area contributed by atoms with E-state index in [0.717, 1.165) is 6.07 Å². The Labute approximate surface area is 72.1 Å². The first-order valence-electron chi connectivity index (χ1n) is 3.54. The van der Waals surface area contributed by atoms with Crippen LogP contribution in [0.15, 0.2) is 18.2 Å². The van der Waals surface area contributed by atoms with Crippen LogP contribution >= 0.6 is 0 Å². The van der Waals surface area contributed by atoms with Gasteiger partial charge in [-0.3, -0.25) is 0 Å². The maximum Gasteiger partial charge on any atom is 0.512 e. The van der Waals surface area contributed by atoms with E-state index in [2.05, 4.69) is 0 Å². The van der Waals surface area contributed by atoms with Gasteiger partial charge in [0.1, 0.15) is 0 Å². The van der Waals surface area contributed by atoms with E-state index in [-0.39, 0.29) is 5.56 Å². The molecular weight excluding hydrogens is 187 g/mol. The second-order valence-electron chi connectivity index (χ2n) is 2.59. The molecule has 13 heavy (non-hydrogen) atoms. The van der Waals surface area contributed by atoms with Crippen LogP contribution < -0.4 is 5.46 Å². The van der Waals surface area contributed by atoms with Gasteiger partial charge in [-0.2, -0.15) is 0 Å². The number of hydrogen-bond donors (Lipinski definition) is 1. The molecule has 0 bridgehead atoms. The molecule has 0 fully saturated rings. The van der Waals surface area contributed by atoms with Crippen LogP contribution in [0.2, 0.25) is 0 Å². The van der Waals surface area contributed by atoms with Crippen molar-refractivity contribution in [1.82, 2.24) is 0 Å². The summed E-state index contributed by atoms with van der Waals surface area (Å²) in [5.74, 6) is -1.30. The summed E-state index contributed by atoms with van der Waals surface area (Å²) < 4.78 is 48.9. The van der Waals surface area contributed by atoms with Crippen LogP contribution in [0.25, 0.3) is 0 Å². The molecule has 0 aromatic heterocycles. The van der Waals surface area contributed by atoms with E-state index >= 15 is 0 Å². The molecule has 1 aromatic carbocycles. The zero-order chi connectivity index (χ0) is 10.1. The average Bonchev–Trinajstić information content (AvgIpc) is 2.03. The zero-order valence-electron chi connectivity index (χ0n) is 6.48. The molecule has 6 heteroatoms. The molecule has 1 nitrogen and oxygen atoms in total. The first kappa shape index (κ1) is 10.0. The SMILES string of the molecule is OCc1ccc(F)c([B-](F)(F)F)c1. The van der Waals surface area contributed by atoms with Gasteiger partial charge in [-0.1, -0.05) is 17.6 Å². The number of aliphatic hydroxyl groups is 1. The monoisotopic (exact) mass is 193 g/mol. The molecule has 0 aliphatic rings. The van der Waals surface area contributed by atoms with E-state index < -0.39 is 24.9 Å². The van der Waals surface area contributed by atoms with Crippen molar-refractivity contribution >= 4 is 12.4 Å². The molecule has 0 saturated heterocycles. The highest BCUT2D eigenvalue weighted by Crippen LogP contribution is 2.12. The number of benzene rings is 1. The summed E-state index contributed by atoms with van der Waals surface area (Å²) in [6, 6.07) is 2.44. The van der Waals surface area contributed by atoms with E-state index in [0.29, 0.717) is 12.1 Å². The largest absolute Gasteiger partial charge is 0.512 e. The van der Waals surface area contributed by atoms with Crippen molar-refractivity contribution in [2.24, 2.45) is 0 Å². The van der Waals surface area contributed by atoms with Gasteiger partial charge in [-0.05, 0) is 11.6 Å². The van der Waals surface area contributed by atoms with Crippen LogP contribution in [0, 0.1) is 5.82 Å². The minimum Gasteiger partial charge on any atom is -0.445 e. The highest BCUT2D eigenvalue weighted by molar-refractivity contribution is 6.73. The Bertz CT molecular complexity index is 310. The van der Waals surface area contributed by atoms with Crippen molar-refractivity contribution in [1.29, 1.82) is 0 Å². The quantitative estimate of drug-likeness (QED) is 0.555. The molecule has 1 N–H and O–H groups in total. The lowest BCUT2D eigenvalue weighted by Gasteiger charge is -2.16. The van der Waals surface area contributed by atoms with Gasteiger partial charge in [0.05, 0.1) is 12.4 Å². The van der Waals surface area contributed by atoms with Crippen molar-refractivity contribution in [3.8, 4) is 0 Å². The maximum atomic E-state index is 12.6. The Morgan fingerprint density at radius 3 is 2.31 bits per heavy atom. The topological polar surface area (TPSA) is 20.2 Å². The third-order valence-electron chi connectivity index (χ3n) is 1.60. The van der Waals surface area contributed by atoms with E-state index in [1.165, 1.54) is 0 Å². The molecule has 0 heterocycles. The summed E-state index contributed by atoms with van der Waals surface area (Å²) in [5, 5.41) is 8.54.